The minimum atomic E-state index is -1.11. The fourth-order valence-corrected chi connectivity index (χ4v) is 3.58. The van der Waals surface area contributed by atoms with E-state index in [-0.39, 0.29) is 16.8 Å². The molecule has 1 atom stereocenters. The second-order valence-corrected chi connectivity index (χ2v) is 8.31. The summed E-state index contributed by atoms with van der Waals surface area (Å²) in [7, 11) is 0. The zero-order valence-electron chi connectivity index (χ0n) is 17.5. The van der Waals surface area contributed by atoms with Gasteiger partial charge in [-0.2, -0.15) is 0 Å². The summed E-state index contributed by atoms with van der Waals surface area (Å²) in [6.07, 6.45) is 2.60. The monoisotopic (exact) mass is 459 g/mol. The van der Waals surface area contributed by atoms with Crippen LogP contribution in [0.15, 0.2) is 18.3 Å². The molecule has 1 unspecified atom stereocenters. The number of carboxylic acid groups (broad SMARTS) is 1. The van der Waals surface area contributed by atoms with Crippen LogP contribution in [0.25, 0.3) is 22.6 Å². The molecule has 6 N–H and O–H groups in total. The van der Waals surface area contributed by atoms with Crippen molar-refractivity contribution in [2.24, 2.45) is 0 Å². The quantitative estimate of drug-likeness (QED) is 0.334. The number of carbonyl (C=O) groups is 1. The fraction of sp³-hybridized carbons (Fsp3) is 0.333. The molecule has 0 saturated heterocycles. The number of aromatic amines is 1. The minimum absolute atomic E-state index is 0.130. The number of amides is 1. The van der Waals surface area contributed by atoms with Crippen LogP contribution in [0.2, 0.25) is 5.02 Å². The van der Waals surface area contributed by atoms with Gasteiger partial charge in [0.2, 0.25) is 5.95 Å². The Morgan fingerprint density at radius 2 is 2.12 bits per heavy atom. The van der Waals surface area contributed by atoms with Crippen molar-refractivity contribution in [3.8, 4) is 22.6 Å². The first-order valence-electron chi connectivity index (χ1n) is 10.1. The summed E-state index contributed by atoms with van der Waals surface area (Å²) in [5.41, 5.74) is 8.82. The maximum atomic E-state index is 14.2. The van der Waals surface area contributed by atoms with Crippen LogP contribution in [0.5, 0.6) is 0 Å². The minimum Gasteiger partial charge on any atom is -0.465 e. The lowest BCUT2D eigenvalue weighted by Gasteiger charge is -2.14. The van der Waals surface area contributed by atoms with Gasteiger partial charge in [-0.3, -0.25) is 0 Å². The van der Waals surface area contributed by atoms with Crippen molar-refractivity contribution in [1.29, 1.82) is 0 Å². The maximum absolute atomic E-state index is 14.2. The molecule has 9 nitrogen and oxygen atoms in total. The normalized spacial score (nSPS) is 14.2. The van der Waals surface area contributed by atoms with Crippen LogP contribution in [0.4, 0.5) is 20.8 Å². The highest BCUT2D eigenvalue weighted by Crippen LogP contribution is 2.43. The first-order valence-corrected chi connectivity index (χ1v) is 10.5. The Balaban J connectivity index is 1.74. The predicted octanol–water partition coefficient (Wildman–Crippen LogP) is 4.16. The van der Waals surface area contributed by atoms with Crippen LogP contribution in [-0.2, 0) is 0 Å². The van der Waals surface area contributed by atoms with E-state index in [1.54, 1.807) is 13.1 Å². The number of halogens is 2. The number of hydrogen-bond acceptors (Lipinski definition) is 6. The third kappa shape index (κ3) is 4.59. The van der Waals surface area contributed by atoms with Gasteiger partial charge in [-0.15, -0.1) is 0 Å². The molecule has 1 fully saturated rings. The molecule has 2 heterocycles. The molecule has 1 saturated carbocycles. The van der Waals surface area contributed by atoms with Crippen LogP contribution < -0.4 is 16.4 Å². The van der Waals surface area contributed by atoms with Gasteiger partial charge in [0.1, 0.15) is 11.6 Å². The number of nitrogens with two attached hydrogens (primary N) is 1. The number of aryl methyl sites for hydroxylation is 1. The van der Waals surface area contributed by atoms with Gasteiger partial charge >= 0.3 is 6.09 Å². The first kappa shape index (κ1) is 21.8. The molecule has 0 spiro atoms. The molecule has 1 aliphatic rings. The summed E-state index contributed by atoms with van der Waals surface area (Å²) in [6.45, 7) is 3.88. The van der Waals surface area contributed by atoms with Gasteiger partial charge < -0.3 is 26.5 Å². The van der Waals surface area contributed by atoms with Crippen molar-refractivity contribution in [1.82, 2.24) is 25.3 Å². The molecule has 1 aromatic carbocycles. The number of nitrogens with zero attached hydrogens (tertiary/aromatic N) is 3. The van der Waals surface area contributed by atoms with Gasteiger partial charge in [-0.25, -0.2) is 24.1 Å². The average Bonchev–Trinajstić information content (AvgIpc) is 3.49. The number of nitrogens with one attached hydrogen (secondary N) is 3. The van der Waals surface area contributed by atoms with Gasteiger partial charge in [0.15, 0.2) is 0 Å². The number of rotatable bonds is 7. The van der Waals surface area contributed by atoms with Crippen molar-refractivity contribution in [3.05, 3.63) is 40.6 Å². The number of anilines is 2. The summed E-state index contributed by atoms with van der Waals surface area (Å²) in [4.78, 5) is 27.7. The number of benzene rings is 1. The second kappa shape index (κ2) is 8.62. The van der Waals surface area contributed by atoms with Crippen molar-refractivity contribution < 1.29 is 14.3 Å². The summed E-state index contributed by atoms with van der Waals surface area (Å²) in [5, 5.41) is 14.4. The highest BCUT2D eigenvalue weighted by Gasteiger charge is 2.30. The molecule has 0 aliphatic heterocycles. The predicted molar refractivity (Wildman–Crippen MR) is 120 cm³/mol. The SMILES string of the molecule is Cc1cnc(NCC(C)NC(=O)O)nc1-c1[nH]c(C2CC2)nc1-c1cc(F)cc(N)c1Cl. The Kier molecular flexibility index (Phi) is 5.88. The summed E-state index contributed by atoms with van der Waals surface area (Å²) >= 11 is 6.42. The van der Waals surface area contributed by atoms with Gasteiger partial charge in [0, 0.05) is 30.3 Å². The lowest BCUT2D eigenvalue weighted by atomic mass is 10.1. The Bertz CT molecular complexity index is 1180. The maximum Gasteiger partial charge on any atom is 0.404 e. The molecule has 1 aliphatic carbocycles. The van der Waals surface area contributed by atoms with E-state index in [1.807, 2.05) is 6.92 Å². The van der Waals surface area contributed by atoms with E-state index in [2.05, 4.69) is 25.6 Å². The van der Waals surface area contributed by atoms with Crippen LogP contribution in [0.3, 0.4) is 0 Å². The summed E-state index contributed by atoms with van der Waals surface area (Å²) < 4.78 is 14.2. The molecular weight excluding hydrogens is 437 g/mol. The average molecular weight is 460 g/mol. The molecule has 1 amide bonds. The number of imidazole rings is 1. The zero-order chi connectivity index (χ0) is 23.0. The fourth-order valence-electron chi connectivity index (χ4n) is 3.38. The second-order valence-electron chi connectivity index (χ2n) is 7.93. The van der Waals surface area contributed by atoms with E-state index in [9.17, 15) is 9.18 Å². The topological polar surface area (TPSA) is 142 Å². The lowest BCUT2D eigenvalue weighted by Crippen LogP contribution is -2.36. The molecule has 11 heteroatoms. The summed E-state index contributed by atoms with van der Waals surface area (Å²) in [5.74, 6) is 0.920. The Labute approximate surface area is 188 Å². The van der Waals surface area contributed by atoms with E-state index < -0.39 is 11.9 Å². The molecule has 3 aromatic rings. The molecule has 2 aromatic heterocycles. The van der Waals surface area contributed by atoms with E-state index >= 15 is 0 Å². The zero-order valence-corrected chi connectivity index (χ0v) is 18.3. The molecular formula is C21H23ClFN7O2. The van der Waals surface area contributed by atoms with E-state index in [1.165, 1.54) is 12.1 Å². The third-order valence-electron chi connectivity index (χ3n) is 5.15. The van der Waals surface area contributed by atoms with Crippen LogP contribution in [0, 0.1) is 12.7 Å². The Morgan fingerprint density at radius 1 is 1.38 bits per heavy atom. The van der Waals surface area contributed by atoms with Gasteiger partial charge in [0.25, 0.3) is 0 Å². The van der Waals surface area contributed by atoms with Gasteiger partial charge in [-0.1, -0.05) is 11.6 Å². The molecule has 4 rings (SSSR count). The smallest absolute Gasteiger partial charge is 0.404 e. The van der Waals surface area contributed by atoms with Gasteiger partial charge in [0.05, 0.1) is 27.8 Å². The van der Waals surface area contributed by atoms with Crippen LogP contribution >= 0.6 is 11.6 Å². The lowest BCUT2D eigenvalue weighted by molar-refractivity contribution is 0.191. The Hall–Kier alpha value is -3.40. The van der Waals surface area contributed by atoms with Crippen molar-refractivity contribution in [2.75, 3.05) is 17.6 Å². The standard InChI is InChI=1S/C21H23ClFN7O2/c1-9-7-25-20(26-8-10(2)27-21(31)32)30-16(9)18-17(28-19(29-18)11-3-4-11)13-5-12(23)6-14(24)15(13)22/h5-7,10-11,27H,3-4,8,24H2,1-2H3,(H,28,29)(H,31,32)(H,25,26,30). The first-order chi connectivity index (χ1) is 15.2. The van der Waals surface area contributed by atoms with E-state index in [0.717, 1.165) is 24.2 Å². The molecule has 32 heavy (non-hydrogen) atoms. The molecule has 168 valence electrons. The number of aromatic nitrogens is 4. The van der Waals surface area contributed by atoms with Crippen molar-refractivity contribution in [2.45, 2.75) is 38.6 Å². The van der Waals surface area contributed by atoms with Gasteiger partial charge in [-0.05, 0) is 44.4 Å². The van der Waals surface area contributed by atoms with Crippen LogP contribution in [0.1, 0.15) is 37.1 Å². The molecule has 0 bridgehead atoms. The Morgan fingerprint density at radius 3 is 2.81 bits per heavy atom. The highest BCUT2D eigenvalue weighted by molar-refractivity contribution is 6.35. The van der Waals surface area contributed by atoms with Crippen molar-refractivity contribution in [3.63, 3.8) is 0 Å². The molecule has 0 radical (unpaired) electrons. The third-order valence-corrected chi connectivity index (χ3v) is 5.57. The summed E-state index contributed by atoms with van der Waals surface area (Å²) in [6, 6.07) is 2.13. The van der Waals surface area contributed by atoms with Crippen molar-refractivity contribution >= 4 is 29.3 Å². The largest absolute Gasteiger partial charge is 0.465 e. The number of H-pyrrole nitrogens is 1. The van der Waals surface area contributed by atoms with E-state index in [0.29, 0.717) is 41.1 Å². The van der Waals surface area contributed by atoms with Crippen LogP contribution in [-0.4, -0.2) is 43.7 Å². The highest BCUT2D eigenvalue weighted by atomic mass is 35.5. The number of nitrogen functional groups attached to an aromatic ring is 1. The number of hydrogen-bond donors (Lipinski definition) is 5. The van der Waals surface area contributed by atoms with E-state index in [4.69, 9.17) is 27.4 Å².